The Morgan fingerprint density at radius 3 is 2.77 bits per heavy atom. The number of hydrogen-bond donors (Lipinski definition) is 2. The molecule has 6 nitrogen and oxygen atoms in total. The lowest BCUT2D eigenvalue weighted by molar-refractivity contribution is 0.534. The van der Waals surface area contributed by atoms with Crippen molar-refractivity contribution in [2.45, 2.75) is 0 Å². The van der Waals surface area contributed by atoms with E-state index in [1.165, 1.54) is 12.3 Å². The molecule has 0 fully saturated rings. The van der Waals surface area contributed by atoms with Crippen LogP contribution in [0.4, 0.5) is 5.95 Å². The molecule has 2 aromatic heterocycles. The predicted molar refractivity (Wildman–Crippen MR) is 87.9 cm³/mol. The third-order valence-corrected chi connectivity index (χ3v) is 3.19. The fraction of sp³-hybridized carbons (Fsp3) is 0. The number of hydrazone groups is 1. The monoisotopic (exact) mass is 358 g/mol. The molecule has 0 aliphatic carbocycles. The molecular formula is C15H11BrN4O2. The molecule has 0 amide bonds. The van der Waals surface area contributed by atoms with E-state index in [-0.39, 0.29) is 11.5 Å². The zero-order valence-corrected chi connectivity index (χ0v) is 12.9. The van der Waals surface area contributed by atoms with Gasteiger partial charge in [0.05, 0.1) is 11.9 Å². The van der Waals surface area contributed by atoms with Crippen LogP contribution in [0.2, 0.25) is 0 Å². The number of rotatable bonds is 4. The Bertz CT molecular complexity index is 855. The van der Waals surface area contributed by atoms with Crippen LogP contribution < -0.4 is 11.0 Å². The first-order chi connectivity index (χ1) is 10.7. The van der Waals surface area contributed by atoms with Crippen LogP contribution in [0.5, 0.6) is 0 Å². The summed E-state index contributed by atoms with van der Waals surface area (Å²) in [7, 11) is 0. The van der Waals surface area contributed by atoms with E-state index in [0.29, 0.717) is 16.1 Å². The van der Waals surface area contributed by atoms with Crippen LogP contribution in [0.25, 0.3) is 11.3 Å². The molecule has 3 aromatic rings. The van der Waals surface area contributed by atoms with E-state index in [1.54, 1.807) is 12.1 Å². The Morgan fingerprint density at radius 1 is 1.23 bits per heavy atom. The highest BCUT2D eigenvalue weighted by atomic mass is 79.9. The molecule has 110 valence electrons. The maximum atomic E-state index is 11.7. The number of H-pyrrole nitrogens is 1. The summed E-state index contributed by atoms with van der Waals surface area (Å²) in [6.07, 6.45) is 1.49. The van der Waals surface area contributed by atoms with Crippen molar-refractivity contribution in [1.29, 1.82) is 0 Å². The molecule has 0 unspecified atom stereocenters. The second kappa shape index (κ2) is 6.40. The van der Waals surface area contributed by atoms with Crippen molar-refractivity contribution < 1.29 is 4.42 Å². The smallest absolute Gasteiger partial charge is 0.252 e. The molecule has 7 heteroatoms. The molecule has 2 N–H and O–H groups in total. The minimum absolute atomic E-state index is 0.257. The minimum Gasteiger partial charge on any atom is -0.448 e. The quantitative estimate of drug-likeness (QED) is 0.553. The molecule has 0 spiro atoms. The van der Waals surface area contributed by atoms with Gasteiger partial charge in [-0.15, -0.1) is 0 Å². The Kier molecular flexibility index (Phi) is 4.15. The number of furan rings is 1. The van der Waals surface area contributed by atoms with E-state index in [2.05, 4.69) is 36.4 Å². The molecule has 1 aromatic carbocycles. The number of anilines is 1. The van der Waals surface area contributed by atoms with Crippen LogP contribution in [0.1, 0.15) is 5.76 Å². The van der Waals surface area contributed by atoms with Crippen molar-refractivity contribution in [2.24, 2.45) is 5.10 Å². The van der Waals surface area contributed by atoms with Crippen molar-refractivity contribution in [1.82, 2.24) is 9.97 Å². The summed E-state index contributed by atoms with van der Waals surface area (Å²) < 4.78 is 5.89. The number of nitrogens with zero attached hydrogens (tertiary/aromatic N) is 2. The van der Waals surface area contributed by atoms with Crippen molar-refractivity contribution in [2.75, 3.05) is 5.43 Å². The van der Waals surface area contributed by atoms with Crippen LogP contribution in [-0.2, 0) is 0 Å². The van der Waals surface area contributed by atoms with Crippen LogP contribution in [0, 0.1) is 0 Å². The number of aromatic amines is 1. The van der Waals surface area contributed by atoms with Crippen molar-refractivity contribution in [3.63, 3.8) is 0 Å². The molecule has 0 atom stereocenters. The standard InChI is InChI=1S/C15H11BrN4O2/c16-13-7-6-11(22-13)9-17-20-15-18-12(8-14(21)19-15)10-4-2-1-3-5-10/h1-9H,(H2,18,19,20,21)/b17-9+. The van der Waals surface area contributed by atoms with E-state index in [1.807, 2.05) is 30.3 Å². The summed E-state index contributed by atoms with van der Waals surface area (Å²) in [6, 6.07) is 14.4. The Labute approximate surface area is 134 Å². The minimum atomic E-state index is -0.257. The number of aromatic nitrogens is 2. The van der Waals surface area contributed by atoms with Gasteiger partial charge in [0.2, 0.25) is 5.95 Å². The molecule has 0 aliphatic heterocycles. The molecule has 3 rings (SSSR count). The third kappa shape index (κ3) is 3.50. The van der Waals surface area contributed by atoms with E-state index in [9.17, 15) is 4.79 Å². The Hall–Kier alpha value is -2.67. The number of hydrogen-bond acceptors (Lipinski definition) is 5. The SMILES string of the molecule is O=c1cc(-c2ccccc2)nc(N/N=C/c2ccc(Br)o2)[nH]1. The lowest BCUT2D eigenvalue weighted by atomic mass is 10.1. The topological polar surface area (TPSA) is 83.3 Å². The average molecular weight is 359 g/mol. The maximum absolute atomic E-state index is 11.7. The van der Waals surface area contributed by atoms with Gasteiger partial charge in [-0.3, -0.25) is 9.78 Å². The molecule has 0 bridgehead atoms. The largest absolute Gasteiger partial charge is 0.448 e. The summed E-state index contributed by atoms with van der Waals surface area (Å²) in [4.78, 5) is 18.6. The van der Waals surface area contributed by atoms with Gasteiger partial charge in [0, 0.05) is 11.6 Å². The second-order valence-electron chi connectivity index (χ2n) is 4.36. The van der Waals surface area contributed by atoms with E-state index in [4.69, 9.17) is 4.42 Å². The zero-order valence-electron chi connectivity index (χ0n) is 11.3. The van der Waals surface area contributed by atoms with Crippen LogP contribution >= 0.6 is 15.9 Å². The van der Waals surface area contributed by atoms with Gasteiger partial charge in [0.15, 0.2) is 4.67 Å². The van der Waals surface area contributed by atoms with Crippen LogP contribution in [0.3, 0.4) is 0 Å². The zero-order chi connectivity index (χ0) is 15.4. The van der Waals surface area contributed by atoms with Crippen LogP contribution in [0.15, 0.2) is 67.5 Å². The highest BCUT2D eigenvalue weighted by molar-refractivity contribution is 9.10. The van der Waals surface area contributed by atoms with Crippen molar-refractivity contribution in [3.8, 4) is 11.3 Å². The normalized spacial score (nSPS) is 11.0. The predicted octanol–water partition coefficient (Wildman–Crippen LogP) is 3.24. The van der Waals surface area contributed by atoms with Gasteiger partial charge in [0.25, 0.3) is 5.56 Å². The fourth-order valence-corrected chi connectivity index (χ4v) is 2.14. The van der Waals surface area contributed by atoms with Gasteiger partial charge in [0.1, 0.15) is 5.76 Å². The van der Waals surface area contributed by atoms with Gasteiger partial charge >= 0.3 is 0 Å². The Morgan fingerprint density at radius 2 is 2.05 bits per heavy atom. The van der Waals surface area contributed by atoms with Gasteiger partial charge < -0.3 is 4.42 Å². The van der Waals surface area contributed by atoms with Crippen molar-refractivity contribution >= 4 is 28.1 Å². The molecule has 22 heavy (non-hydrogen) atoms. The molecule has 2 heterocycles. The molecule has 0 saturated carbocycles. The van der Waals surface area contributed by atoms with E-state index < -0.39 is 0 Å². The molecule has 0 saturated heterocycles. The summed E-state index contributed by atoms with van der Waals surface area (Å²) in [6.45, 7) is 0. The van der Waals surface area contributed by atoms with Crippen molar-refractivity contribution in [3.05, 3.63) is 69.3 Å². The Balaban J connectivity index is 1.81. The first-order valence-corrected chi connectivity index (χ1v) is 7.21. The van der Waals surface area contributed by atoms with Gasteiger partial charge in [-0.05, 0) is 28.1 Å². The number of nitrogens with one attached hydrogen (secondary N) is 2. The van der Waals surface area contributed by atoms with E-state index >= 15 is 0 Å². The highest BCUT2D eigenvalue weighted by Crippen LogP contribution is 2.15. The van der Waals surface area contributed by atoms with Gasteiger partial charge in [-0.25, -0.2) is 10.4 Å². The lowest BCUT2D eigenvalue weighted by Crippen LogP contribution is -2.10. The summed E-state index contributed by atoms with van der Waals surface area (Å²) in [5.74, 6) is 0.828. The summed E-state index contributed by atoms with van der Waals surface area (Å²) >= 11 is 3.21. The second-order valence-corrected chi connectivity index (χ2v) is 5.14. The summed E-state index contributed by atoms with van der Waals surface area (Å²) in [5, 5.41) is 3.98. The van der Waals surface area contributed by atoms with Gasteiger partial charge in [-0.1, -0.05) is 30.3 Å². The van der Waals surface area contributed by atoms with Gasteiger partial charge in [-0.2, -0.15) is 5.10 Å². The first kappa shape index (κ1) is 14.3. The molecule has 0 radical (unpaired) electrons. The molecular weight excluding hydrogens is 348 g/mol. The first-order valence-electron chi connectivity index (χ1n) is 6.42. The number of halogens is 1. The average Bonchev–Trinajstić information content (AvgIpc) is 2.93. The number of benzene rings is 1. The van der Waals surface area contributed by atoms with E-state index in [0.717, 1.165) is 5.56 Å². The maximum Gasteiger partial charge on any atom is 0.252 e. The lowest BCUT2D eigenvalue weighted by Gasteiger charge is -2.03. The summed E-state index contributed by atoms with van der Waals surface area (Å²) in [5.41, 5.74) is 3.85. The van der Waals surface area contributed by atoms with Crippen LogP contribution in [-0.4, -0.2) is 16.2 Å². The highest BCUT2D eigenvalue weighted by Gasteiger charge is 2.03. The fourth-order valence-electron chi connectivity index (χ4n) is 1.82. The third-order valence-electron chi connectivity index (χ3n) is 2.77. The molecule has 0 aliphatic rings.